The van der Waals surface area contributed by atoms with Crippen molar-refractivity contribution in [2.45, 2.75) is 69.5 Å². The lowest BCUT2D eigenvalue weighted by atomic mass is 10.1. The number of hydrogen-bond acceptors (Lipinski definition) is 6. The second-order valence-electron chi connectivity index (χ2n) is 8.60. The first kappa shape index (κ1) is 22.6. The molecule has 1 saturated carbocycles. The highest BCUT2D eigenvalue weighted by molar-refractivity contribution is 7.99. The van der Waals surface area contributed by atoms with Crippen molar-refractivity contribution < 1.29 is 9.59 Å². The summed E-state index contributed by atoms with van der Waals surface area (Å²) in [5.41, 5.74) is 2.21. The number of carbonyl (C=O) groups is 2. The van der Waals surface area contributed by atoms with Gasteiger partial charge >= 0.3 is 6.03 Å². The minimum atomic E-state index is -0.387. The SMILES string of the molecule is Cc1ccc(-n2c(SCCC(=O)NC(=O)NC3CCCC3)nnc2N2CCCCC2)cc1. The van der Waals surface area contributed by atoms with Crippen LogP contribution in [0.15, 0.2) is 29.4 Å². The Morgan fingerprint density at radius 2 is 1.75 bits per heavy atom. The molecule has 1 aliphatic carbocycles. The molecular formula is C23H32N6O2S. The number of anilines is 1. The van der Waals surface area contributed by atoms with E-state index in [9.17, 15) is 9.59 Å². The lowest BCUT2D eigenvalue weighted by Gasteiger charge is -2.27. The van der Waals surface area contributed by atoms with E-state index in [-0.39, 0.29) is 24.4 Å². The highest BCUT2D eigenvalue weighted by Crippen LogP contribution is 2.28. The monoisotopic (exact) mass is 456 g/mol. The van der Waals surface area contributed by atoms with Gasteiger partial charge in [-0.3, -0.25) is 14.7 Å². The van der Waals surface area contributed by atoms with Gasteiger partial charge in [-0.25, -0.2) is 4.79 Å². The van der Waals surface area contributed by atoms with Crippen molar-refractivity contribution in [3.8, 4) is 5.69 Å². The van der Waals surface area contributed by atoms with E-state index in [1.807, 2.05) is 0 Å². The predicted molar refractivity (Wildman–Crippen MR) is 126 cm³/mol. The fourth-order valence-corrected chi connectivity index (χ4v) is 5.17. The number of amides is 3. The van der Waals surface area contributed by atoms with Crippen molar-refractivity contribution in [2.75, 3.05) is 23.7 Å². The fourth-order valence-electron chi connectivity index (χ4n) is 4.29. The summed E-state index contributed by atoms with van der Waals surface area (Å²) in [6, 6.07) is 8.13. The highest BCUT2D eigenvalue weighted by atomic mass is 32.2. The zero-order valence-electron chi connectivity index (χ0n) is 18.7. The maximum Gasteiger partial charge on any atom is 0.321 e. The highest BCUT2D eigenvalue weighted by Gasteiger charge is 2.22. The number of carbonyl (C=O) groups excluding carboxylic acids is 2. The minimum absolute atomic E-state index is 0.193. The van der Waals surface area contributed by atoms with E-state index < -0.39 is 0 Å². The second-order valence-corrected chi connectivity index (χ2v) is 9.66. The van der Waals surface area contributed by atoms with Gasteiger partial charge in [-0.1, -0.05) is 42.3 Å². The lowest BCUT2D eigenvalue weighted by Crippen LogP contribution is -2.43. The first-order valence-corrected chi connectivity index (χ1v) is 12.6. The molecule has 4 rings (SSSR count). The van der Waals surface area contributed by atoms with Crippen LogP contribution >= 0.6 is 11.8 Å². The number of aromatic nitrogens is 3. The Labute approximate surface area is 193 Å². The van der Waals surface area contributed by atoms with Gasteiger partial charge in [-0.15, -0.1) is 10.2 Å². The third-order valence-corrected chi connectivity index (χ3v) is 6.98. The summed E-state index contributed by atoms with van der Waals surface area (Å²) in [5, 5.41) is 15.0. The molecule has 0 radical (unpaired) electrons. The molecule has 3 amide bonds. The summed E-state index contributed by atoms with van der Waals surface area (Å²) in [6.45, 7) is 4.03. The fraction of sp³-hybridized carbons (Fsp3) is 0.565. The number of hydrogen-bond donors (Lipinski definition) is 2. The number of rotatable bonds is 7. The number of imide groups is 1. The zero-order valence-corrected chi connectivity index (χ0v) is 19.5. The molecular weight excluding hydrogens is 424 g/mol. The first-order valence-electron chi connectivity index (χ1n) is 11.6. The number of thioether (sulfide) groups is 1. The summed E-state index contributed by atoms with van der Waals surface area (Å²) in [4.78, 5) is 26.5. The van der Waals surface area contributed by atoms with Gasteiger partial charge in [0.2, 0.25) is 11.9 Å². The van der Waals surface area contributed by atoms with Crippen LogP contribution in [-0.4, -0.2) is 51.6 Å². The van der Waals surface area contributed by atoms with Gasteiger partial charge in [0.15, 0.2) is 5.16 Å². The zero-order chi connectivity index (χ0) is 22.3. The van der Waals surface area contributed by atoms with Crippen molar-refractivity contribution in [1.82, 2.24) is 25.4 Å². The van der Waals surface area contributed by atoms with E-state index in [4.69, 9.17) is 0 Å². The molecule has 9 heteroatoms. The van der Waals surface area contributed by atoms with Crippen LogP contribution in [-0.2, 0) is 4.79 Å². The number of benzene rings is 1. The van der Waals surface area contributed by atoms with Gasteiger partial charge < -0.3 is 10.2 Å². The minimum Gasteiger partial charge on any atom is -0.341 e. The standard InChI is InChI=1S/C23H32N6O2S/c1-17-9-11-19(12-10-17)29-22(28-14-5-2-6-15-28)26-27-23(29)32-16-13-20(30)25-21(31)24-18-7-3-4-8-18/h9-12,18H,2-8,13-16H2,1H3,(H2,24,25,30,31). The number of urea groups is 1. The summed E-state index contributed by atoms with van der Waals surface area (Å²) >= 11 is 1.49. The van der Waals surface area contributed by atoms with Crippen molar-refractivity contribution in [2.24, 2.45) is 0 Å². The van der Waals surface area contributed by atoms with Crippen molar-refractivity contribution in [3.05, 3.63) is 29.8 Å². The molecule has 1 aromatic heterocycles. The molecule has 2 heterocycles. The van der Waals surface area contributed by atoms with Crippen molar-refractivity contribution >= 4 is 29.6 Å². The molecule has 0 spiro atoms. The molecule has 0 bridgehead atoms. The Kier molecular flexibility index (Phi) is 7.68. The summed E-state index contributed by atoms with van der Waals surface area (Å²) < 4.78 is 2.08. The molecule has 32 heavy (non-hydrogen) atoms. The number of nitrogens with one attached hydrogen (secondary N) is 2. The Bertz CT molecular complexity index is 917. The normalized spacial score (nSPS) is 16.8. The van der Waals surface area contributed by atoms with Gasteiger partial charge in [0, 0.05) is 31.3 Å². The lowest BCUT2D eigenvalue weighted by molar-refractivity contribution is -0.119. The quantitative estimate of drug-likeness (QED) is 0.616. The van der Waals surface area contributed by atoms with E-state index in [1.165, 1.54) is 23.7 Å². The third-order valence-electron chi connectivity index (χ3n) is 6.05. The number of aryl methyl sites for hydroxylation is 1. The van der Waals surface area contributed by atoms with Gasteiger partial charge in [0.25, 0.3) is 0 Å². The average Bonchev–Trinajstić information content (AvgIpc) is 3.45. The third kappa shape index (κ3) is 5.82. The van der Waals surface area contributed by atoms with E-state index in [2.05, 4.69) is 61.5 Å². The van der Waals surface area contributed by atoms with Crippen LogP contribution in [0.25, 0.3) is 5.69 Å². The summed E-state index contributed by atoms with van der Waals surface area (Å²) in [7, 11) is 0. The van der Waals surface area contributed by atoms with Gasteiger partial charge in [0.05, 0.1) is 5.69 Å². The van der Waals surface area contributed by atoms with Crippen LogP contribution < -0.4 is 15.5 Å². The predicted octanol–water partition coefficient (Wildman–Crippen LogP) is 3.82. The summed E-state index contributed by atoms with van der Waals surface area (Å²) in [5.74, 6) is 1.11. The van der Waals surface area contributed by atoms with E-state index in [1.54, 1.807) is 0 Å². The summed E-state index contributed by atoms with van der Waals surface area (Å²) in [6.07, 6.45) is 8.06. The first-order chi connectivity index (χ1) is 15.6. The average molecular weight is 457 g/mol. The molecule has 1 aromatic carbocycles. The van der Waals surface area contributed by atoms with Crippen LogP contribution in [0.4, 0.5) is 10.7 Å². The Morgan fingerprint density at radius 3 is 2.47 bits per heavy atom. The number of nitrogens with zero attached hydrogens (tertiary/aromatic N) is 4. The topological polar surface area (TPSA) is 92.2 Å². The van der Waals surface area contributed by atoms with Gasteiger partial charge in [0.1, 0.15) is 0 Å². The molecule has 1 aliphatic heterocycles. The molecule has 2 fully saturated rings. The molecule has 172 valence electrons. The van der Waals surface area contributed by atoms with Crippen LogP contribution in [0, 0.1) is 6.92 Å². The van der Waals surface area contributed by atoms with Crippen molar-refractivity contribution in [3.63, 3.8) is 0 Å². The molecule has 8 nitrogen and oxygen atoms in total. The second kappa shape index (κ2) is 10.8. The van der Waals surface area contributed by atoms with Crippen LogP contribution in [0.2, 0.25) is 0 Å². The molecule has 2 aromatic rings. The molecule has 1 saturated heterocycles. The Hall–Kier alpha value is -2.55. The number of piperidine rings is 1. The molecule has 2 aliphatic rings. The van der Waals surface area contributed by atoms with Gasteiger partial charge in [-0.05, 0) is 51.2 Å². The smallest absolute Gasteiger partial charge is 0.321 e. The van der Waals surface area contributed by atoms with Crippen LogP contribution in [0.3, 0.4) is 0 Å². The van der Waals surface area contributed by atoms with E-state index in [0.29, 0.717) is 5.75 Å². The van der Waals surface area contributed by atoms with Crippen molar-refractivity contribution in [1.29, 1.82) is 0 Å². The van der Waals surface area contributed by atoms with Gasteiger partial charge in [-0.2, -0.15) is 0 Å². The largest absolute Gasteiger partial charge is 0.341 e. The Balaban J connectivity index is 1.38. The molecule has 2 N–H and O–H groups in total. The van der Waals surface area contributed by atoms with E-state index >= 15 is 0 Å². The Morgan fingerprint density at radius 1 is 1.03 bits per heavy atom. The maximum atomic E-state index is 12.2. The maximum absolute atomic E-state index is 12.2. The van der Waals surface area contributed by atoms with Crippen LogP contribution in [0.1, 0.15) is 56.9 Å². The van der Waals surface area contributed by atoms with Crippen LogP contribution in [0.5, 0.6) is 0 Å². The van der Waals surface area contributed by atoms with E-state index in [0.717, 1.165) is 68.4 Å². The molecule has 0 atom stereocenters. The molecule has 0 unspecified atom stereocenters.